The van der Waals surface area contributed by atoms with E-state index < -0.39 is 5.82 Å². The summed E-state index contributed by atoms with van der Waals surface area (Å²) in [7, 11) is 0. The van der Waals surface area contributed by atoms with Crippen LogP contribution < -0.4 is 5.56 Å². The van der Waals surface area contributed by atoms with Gasteiger partial charge < -0.3 is 10.1 Å². The van der Waals surface area contributed by atoms with Gasteiger partial charge in [0.1, 0.15) is 22.5 Å². The van der Waals surface area contributed by atoms with E-state index in [1.807, 2.05) is 0 Å². The van der Waals surface area contributed by atoms with Gasteiger partial charge in [-0.3, -0.25) is 4.79 Å². The maximum Gasteiger partial charge on any atom is 0.255 e. The number of aromatic nitrogens is 2. The number of pyridine rings is 2. The van der Waals surface area contributed by atoms with Crippen LogP contribution in [0.3, 0.4) is 0 Å². The molecule has 0 atom stereocenters. The zero-order chi connectivity index (χ0) is 20.6. The molecule has 0 aliphatic heterocycles. The number of benzene rings is 2. The Kier molecular flexibility index (Phi) is 5.54. The molecule has 4 nitrogen and oxygen atoms in total. The van der Waals surface area contributed by atoms with Crippen molar-refractivity contribution >= 4 is 45.0 Å². The summed E-state index contributed by atoms with van der Waals surface area (Å²) >= 11 is 11.9. The molecule has 4 rings (SSSR count). The monoisotopic (exact) mass is 422 g/mol. The van der Waals surface area contributed by atoms with Gasteiger partial charge in [0.15, 0.2) is 0 Å². The van der Waals surface area contributed by atoms with Gasteiger partial charge >= 0.3 is 0 Å². The molecule has 0 fully saturated rings. The molecule has 0 saturated carbocycles. The highest BCUT2D eigenvalue weighted by Crippen LogP contribution is 2.30. The fourth-order valence-electron chi connectivity index (χ4n) is 2.61. The van der Waals surface area contributed by atoms with Crippen molar-refractivity contribution in [2.24, 2.45) is 0 Å². The summed E-state index contributed by atoms with van der Waals surface area (Å²) in [5.41, 5.74) is 1.54. The number of nitrogens with zero attached hydrogens (tertiary/aromatic N) is 1. The van der Waals surface area contributed by atoms with Crippen LogP contribution in [0.1, 0.15) is 11.1 Å². The summed E-state index contributed by atoms with van der Waals surface area (Å²) in [5.74, 6) is -0.939. The maximum atomic E-state index is 12.9. The molecule has 0 bridgehead atoms. The lowest BCUT2D eigenvalue weighted by Crippen LogP contribution is -2.09. The van der Waals surface area contributed by atoms with Crippen LogP contribution in [0, 0.1) is 25.5 Å². The molecule has 0 amide bonds. The van der Waals surface area contributed by atoms with Gasteiger partial charge in [0.2, 0.25) is 0 Å². The lowest BCUT2D eigenvalue weighted by molar-refractivity contribution is 0.475. The van der Waals surface area contributed by atoms with Crippen LogP contribution in [0.4, 0.5) is 8.78 Å². The van der Waals surface area contributed by atoms with E-state index in [4.69, 9.17) is 23.2 Å². The fraction of sp³-hybridized carbons (Fsp3) is 0.100. The molecule has 8 heteroatoms. The Morgan fingerprint density at radius 2 is 1.57 bits per heavy atom. The van der Waals surface area contributed by atoms with E-state index in [9.17, 15) is 18.7 Å². The van der Waals surface area contributed by atoms with Crippen molar-refractivity contribution in [1.82, 2.24) is 9.97 Å². The van der Waals surface area contributed by atoms with Crippen molar-refractivity contribution < 1.29 is 13.9 Å². The minimum absolute atomic E-state index is 0.164. The summed E-state index contributed by atoms with van der Waals surface area (Å²) in [4.78, 5) is 17.9. The molecule has 0 spiro atoms. The van der Waals surface area contributed by atoms with E-state index in [0.717, 1.165) is 0 Å². The molecular formula is C20H14Cl2F2N2O2. The highest BCUT2D eigenvalue weighted by Gasteiger charge is 2.09. The molecule has 0 unspecified atom stereocenters. The number of H-pyrrole nitrogens is 1. The van der Waals surface area contributed by atoms with Gasteiger partial charge in [0, 0.05) is 16.3 Å². The minimum atomic E-state index is -0.445. The third-order valence-electron chi connectivity index (χ3n) is 4.23. The van der Waals surface area contributed by atoms with Crippen molar-refractivity contribution in [1.29, 1.82) is 0 Å². The molecule has 2 aromatic heterocycles. The SMILES string of the molecule is Cc1c(Cl)nc2ccc(F)cc2c1Cl.Cc1c(O)c2cc(F)ccc2[nH]c1=O. The van der Waals surface area contributed by atoms with Crippen LogP contribution >= 0.6 is 23.2 Å². The van der Waals surface area contributed by atoms with Gasteiger partial charge in [0.25, 0.3) is 5.56 Å². The Hall–Kier alpha value is -2.70. The molecule has 2 N–H and O–H groups in total. The number of rotatable bonds is 0. The molecule has 0 saturated heterocycles. The summed E-state index contributed by atoms with van der Waals surface area (Å²) in [6, 6.07) is 8.08. The second-order valence-electron chi connectivity index (χ2n) is 6.12. The highest BCUT2D eigenvalue weighted by molar-refractivity contribution is 6.39. The molecule has 2 heterocycles. The number of halogens is 4. The molecular weight excluding hydrogens is 409 g/mol. The van der Waals surface area contributed by atoms with Gasteiger partial charge in [-0.25, -0.2) is 13.8 Å². The van der Waals surface area contributed by atoms with Crippen molar-refractivity contribution in [2.45, 2.75) is 13.8 Å². The smallest absolute Gasteiger partial charge is 0.255 e. The third kappa shape index (κ3) is 3.79. The minimum Gasteiger partial charge on any atom is -0.507 e. The first kappa shape index (κ1) is 20.0. The van der Waals surface area contributed by atoms with Gasteiger partial charge in [-0.15, -0.1) is 0 Å². The molecule has 144 valence electrons. The number of aromatic amines is 1. The fourth-order valence-corrected chi connectivity index (χ4v) is 3.09. The van der Waals surface area contributed by atoms with Gasteiger partial charge in [-0.2, -0.15) is 0 Å². The molecule has 4 aromatic rings. The largest absolute Gasteiger partial charge is 0.507 e. The number of nitrogens with one attached hydrogen (secondary N) is 1. The molecule has 2 aromatic carbocycles. The molecule has 0 radical (unpaired) electrons. The van der Waals surface area contributed by atoms with E-state index in [1.165, 1.54) is 37.3 Å². The van der Waals surface area contributed by atoms with Gasteiger partial charge in [0.05, 0.1) is 21.6 Å². The van der Waals surface area contributed by atoms with Crippen LogP contribution in [-0.4, -0.2) is 15.1 Å². The predicted octanol–water partition coefficient (Wildman–Crippen LogP) is 5.67. The first-order valence-corrected chi connectivity index (χ1v) is 8.86. The van der Waals surface area contributed by atoms with E-state index in [2.05, 4.69) is 9.97 Å². The average molecular weight is 423 g/mol. The zero-order valence-electron chi connectivity index (χ0n) is 14.8. The second-order valence-corrected chi connectivity index (χ2v) is 6.86. The average Bonchev–Trinajstić information content (AvgIpc) is 2.66. The highest BCUT2D eigenvalue weighted by atomic mass is 35.5. The molecule has 0 aliphatic rings. The standard InChI is InChI=1S/C10H6Cl2FN.C10H8FNO2/c1-5-9(11)7-4-6(13)2-3-8(7)14-10(5)12;1-5-9(13)7-4-6(11)2-3-8(7)12-10(5)14/h2-4H,1H3;2-4H,1H3,(H2,12,13,14). The van der Waals surface area contributed by atoms with E-state index in [-0.39, 0.29) is 22.7 Å². The topological polar surface area (TPSA) is 66.0 Å². The normalized spacial score (nSPS) is 10.8. The Morgan fingerprint density at radius 3 is 2.25 bits per heavy atom. The van der Waals surface area contributed by atoms with E-state index in [0.29, 0.717) is 37.5 Å². The quantitative estimate of drug-likeness (QED) is 0.358. The number of hydrogen-bond donors (Lipinski definition) is 2. The number of aromatic hydroxyl groups is 1. The van der Waals surface area contributed by atoms with Crippen molar-refractivity contribution in [3.05, 3.63) is 79.7 Å². The van der Waals surface area contributed by atoms with Gasteiger partial charge in [-0.1, -0.05) is 23.2 Å². The van der Waals surface area contributed by atoms with Gasteiger partial charge in [-0.05, 0) is 50.2 Å². The van der Waals surface area contributed by atoms with Crippen LogP contribution in [0.5, 0.6) is 5.75 Å². The lowest BCUT2D eigenvalue weighted by Gasteiger charge is -2.05. The van der Waals surface area contributed by atoms with Crippen LogP contribution in [0.25, 0.3) is 21.8 Å². The number of hydrogen-bond acceptors (Lipinski definition) is 3. The second kappa shape index (κ2) is 7.73. The molecule has 0 aliphatic carbocycles. The summed E-state index contributed by atoms with van der Waals surface area (Å²) in [5, 5.41) is 11.3. The molecule has 28 heavy (non-hydrogen) atoms. The summed E-state index contributed by atoms with van der Waals surface area (Å²) in [6.07, 6.45) is 0. The first-order chi connectivity index (χ1) is 13.2. The van der Waals surface area contributed by atoms with Crippen LogP contribution in [0.15, 0.2) is 41.2 Å². The number of fused-ring (bicyclic) bond motifs is 2. The summed E-state index contributed by atoms with van der Waals surface area (Å²) in [6.45, 7) is 3.24. The van der Waals surface area contributed by atoms with Crippen molar-refractivity contribution in [3.8, 4) is 5.75 Å². The Morgan fingerprint density at radius 1 is 0.964 bits per heavy atom. The van der Waals surface area contributed by atoms with Crippen LogP contribution in [-0.2, 0) is 0 Å². The first-order valence-electron chi connectivity index (χ1n) is 8.11. The zero-order valence-corrected chi connectivity index (χ0v) is 16.3. The van der Waals surface area contributed by atoms with Crippen molar-refractivity contribution in [3.63, 3.8) is 0 Å². The summed E-state index contributed by atoms with van der Waals surface area (Å²) < 4.78 is 25.8. The Bertz CT molecular complexity index is 1270. The van der Waals surface area contributed by atoms with E-state index >= 15 is 0 Å². The Balaban J connectivity index is 0.000000161. The predicted molar refractivity (Wildman–Crippen MR) is 107 cm³/mol. The third-order valence-corrected chi connectivity index (χ3v) is 5.09. The Labute approximate surface area is 168 Å². The van der Waals surface area contributed by atoms with Crippen molar-refractivity contribution in [2.75, 3.05) is 0 Å². The maximum absolute atomic E-state index is 12.9. The lowest BCUT2D eigenvalue weighted by atomic mass is 10.1. The van der Waals surface area contributed by atoms with Crippen LogP contribution in [0.2, 0.25) is 10.2 Å². The van der Waals surface area contributed by atoms with E-state index in [1.54, 1.807) is 13.0 Å².